The van der Waals surface area contributed by atoms with Gasteiger partial charge in [0.25, 0.3) is 0 Å². The van der Waals surface area contributed by atoms with E-state index in [1.165, 1.54) is 6.07 Å². The predicted molar refractivity (Wildman–Crippen MR) is 60.9 cm³/mol. The van der Waals surface area contributed by atoms with Crippen LogP contribution in [0.4, 0.5) is 18.9 Å². The van der Waals surface area contributed by atoms with Crippen molar-refractivity contribution >= 4 is 5.69 Å². The van der Waals surface area contributed by atoms with E-state index in [0.29, 0.717) is 12.8 Å². The van der Waals surface area contributed by atoms with E-state index in [4.69, 9.17) is 5.73 Å². The van der Waals surface area contributed by atoms with Crippen molar-refractivity contribution in [2.75, 3.05) is 19.0 Å². The summed E-state index contributed by atoms with van der Waals surface area (Å²) in [4.78, 5) is 1.77. The molecule has 1 aliphatic rings. The van der Waals surface area contributed by atoms with E-state index in [2.05, 4.69) is 0 Å². The van der Waals surface area contributed by atoms with E-state index in [-0.39, 0.29) is 5.56 Å². The summed E-state index contributed by atoms with van der Waals surface area (Å²) < 4.78 is 38.6. The molecule has 0 spiro atoms. The van der Waals surface area contributed by atoms with Gasteiger partial charge in [0, 0.05) is 25.3 Å². The van der Waals surface area contributed by atoms with E-state index in [0.717, 1.165) is 11.8 Å². The highest BCUT2D eigenvalue weighted by Crippen LogP contribution is 2.48. The Balaban J connectivity index is 2.54. The largest absolute Gasteiger partial charge is 0.416 e. The molecule has 5 heteroatoms. The highest BCUT2D eigenvalue weighted by atomic mass is 19.4. The number of rotatable bonds is 2. The van der Waals surface area contributed by atoms with Crippen LogP contribution in [-0.2, 0) is 11.7 Å². The topological polar surface area (TPSA) is 29.3 Å². The van der Waals surface area contributed by atoms with E-state index in [1.807, 2.05) is 0 Å². The molecular formula is C12H15F3N2. The van der Waals surface area contributed by atoms with Crippen molar-refractivity contribution in [1.82, 2.24) is 0 Å². The Labute approximate surface area is 98.2 Å². The van der Waals surface area contributed by atoms with E-state index in [1.54, 1.807) is 25.1 Å². The lowest BCUT2D eigenvalue weighted by Crippen LogP contribution is -2.24. The highest BCUT2D eigenvalue weighted by Gasteiger charge is 2.46. The second-order valence-electron chi connectivity index (χ2n) is 4.78. The minimum atomic E-state index is -4.34. The van der Waals surface area contributed by atoms with Crippen LogP contribution >= 0.6 is 0 Å². The van der Waals surface area contributed by atoms with Gasteiger partial charge >= 0.3 is 6.18 Å². The first kappa shape index (κ1) is 12.2. The van der Waals surface area contributed by atoms with Gasteiger partial charge in [0.2, 0.25) is 0 Å². The molecule has 0 radical (unpaired) electrons. The van der Waals surface area contributed by atoms with Gasteiger partial charge in [-0.1, -0.05) is 0 Å². The molecule has 0 bridgehead atoms. The molecule has 1 aromatic rings. The number of nitrogens with two attached hydrogens (primary N) is 1. The zero-order valence-corrected chi connectivity index (χ0v) is 9.80. The minimum Gasteiger partial charge on any atom is -0.378 e. The van der Waals surface area contributed by atoms with E-state index < -0.39 is 17.3 Å². The van der Waals surface area contributed by atoms with Gasteiger partial charge in [-0.3, -0.25) is 0 Å². The molecule has 2 rings (SSSR count). The van der Waals surface area contributed by atoms with Gasteiger partial charge in [-0.25, -0.2) is 0 Å². The van der Waals surface area contributed by atoms with Crippen molar-refractivity contribution in [2.24, 2.45) is 5.73 Å². The number of nitrogens with zero attached hydrogens (tertiary/aromatic N) is 1. The molecule has 2 N–H and O–H groups in total. The van der Waals surface area contributed by atoms with Gasteiger partial charge < -0.3 is 10.6 Å². The van der Waals surface area contributed by atoms with Crippen LogP contribution in [0.15, 0.2) is 18.2 Å². The van der Waals surface area contributed by atoms with Gasteiger partial charge in [-0.15, -0.1) is 0 Å². The van der Waals surface area contributed by atoms with Gasteiger partial charge in [-0.2, -0.15) is 13.2 Å². The summed E-state index contributed by atoms with van der Waals surface area (Å²) >= 11 is 0. The number of halogens is 3. The van der Waals surface area contributed by atoms with Crippen molar-refractivity contribution < 1.29 is 13.2 Å². The Hall–Kier alpha value is -1.23. The quantitative estimate of drug-likeness (QED) is 0.866. The number of benzene rings is 1. The lowest BCUT2D eigenvalue weighted by Gasteiger charge is -2.21. The maximum absolute atomic E-state index is 12.9. The SMILES string of the molecule is CN(C)c1ccc(C(F)(F)F)c(C2(N)CC2)c1. The zero-order valence-electron chi connectivity index (χ0n) is 9.80. The van der Waals surface area contributed by atoms with Crippen LogP contribution in [0.5, 0.6) is 0 Å². The van der Waals surface area contributed by atoms with Crippen LogP contribution in [-0.4, -0.2) is 14.1 Å². The average Bonchev–Trinajstić information content (AvgIpc) is 2.95. The third-order valence-corrected chi connectivity index (χ3v) is 3.15. The van der Waals surface area contributed by atoms with Crippen molar-refractivity contribution in [3.8, 4) is 0 Å². The number of hydrogen-bond acceptors (Lipinski definition) is 2. The number of alkyl halides is 3. The second-order valence-corrected chi connectivity index (χ2v) is 4.78. The molecule has 0 heterocycles. The van der Waals surface area contributed by atoms with Gasteiger partial charge in [0.15, 0.2) is 0 Å². The first-order valence-electron chi connectivity index (χ1n) is 5.42. The van der Waals surface area contributed by atoms with Gasteiger partial charge in [0.1, 0.15) is 0 Å². The van der Waals surface area contributed by atoms with Crippen molar-refractivity contribution in [3.05, 3.63) is 29.3 Å². The smallest absolute Gasteiger partial charge is 0.378 e. The van der Waals surface area contributed by atoms with E-state index in [9.17, 15) is 13.2 Å². The summed E-state index contributed by atoms with van der Waals surface area (Å²) in [6.45, 7) is 0. The fourth-order valence-corrected chi connectivity index (χ4v) is 1.87. The second kappa shape index (κ2) is 3.63. The molecule has 94 valence electrons. The van der Waals surface area contributed by atoms with Crippen LogP contribution in [0.2, 0.25) is 0 Å². The summed E-state index contributed by atoms with van der Waals surface area (Å²) in [6, 6.07) is 4.14. The first-order chi connectivity index (χ1) is 7.74. The van der Waals surface area contributed by atoms with Crippen LogP contribution in [0.3, 0.4) is 0 Å². The Bertz CT molecular complexity index is 434. The number of hydrogen-bond donors (Lipinski definition) is 1. The zero-order chi connectivity index (χ0) is 12.8. The minimum absolute atomic E-state index is 0.219. The van der Waals surface area contributed by atoms with Crippen LogP contribution < -0.4 is 10.6 Å². The molecule has 1 aliphatic carbocycles. The predicted octanol–water partition coefficient (Wildman–Crippen LogP) is 2.72. The molecular weight excluding hydrogens is 229 g/mol. The van der Waals surface area contributed by atoms with Crippen LogP contribution in [0.1, 0.15) is 24.0 Å². The average molecular weight is 244 g/mol. The van der Waals surface area contributed by atoms with Crippen molar-refractivity contribution in [2.45, 2.75) is 24.6 Å². The Kier molecular flexibility index (Phi) is 2.61. The summed E-state index contributed by atoms with van der Waals surface area (Å²) in [5.41, 5.74) is 5.49. The molecule has 1 fully saturated rings. The maximum atomic E-state index is 12.9. The summed E-state index contributed by atoms with van der Waals surface area (Å²) in [5, 5.41) is 0. The molecule has 0 amide bonds. The Morgan fingerprint density at radius 2 is 1.82 bits per heavy atom. The first-order valence-corrected chi connectivity index (χ1v) is 5.42. The maximum Gasteiger partial charge on any atom is 0.416 e. The van der Waals surface area contributed by atoms with Gasteiger partial charge in [0.05, 0.1) is 5.56 Å². The van der Waals surface area contributed by atoms with Crippen LogP contribution in [0.25, 0.3) is 0 Å². The Morgan fingerprint density at radius 3 is 2.24 bits per heavy atom. The molecule has 0 aromatic heterocycles. The van der Waals surface area contributed by atoms with E-state index >= 15 is 0 Å². The summed E-state index contributed by atoms with van der Waals surface area (Å²) in [5.74, 6) is 0. The standard InChI is InChI=1S/C12H15F3N2/c1-17(2)8-3-4-9(12(13,14)15)10(7-8)11(16)5-6-11/h3-4,7H,5-6,16H2,1-2H3. The molecule has 0 saturated heterocycles. The molecule has 2 nitrogen and oxygen atoms in total. The van der Waals surface area contributed by atoms with Crippen LogP contribution in [0, 0.1) is 0 Å². The third kappa shape index (κ3) is 2.24. The summed E-state index contributed by atoms with van der Waals surface area (Å²) in [6.07, 6.45) is -3.10. The molecule has 0 atom stereocenters. The van der Waals surface area contributed by atoms with Crippen molar-refractivity contribution in [1.29, 1.82) is 0 Å². The third-order valence-electron chi connectivity index (χ3n) is 3.15. The lowest BCUT2D eigenvalue weighted by atomic mass is 9.97. The number of anilines is 1. The molecule has 0 aliphatic heterocycles. The Morgan fingerprint density at radius 1 is 1.24 bits per heavy atom. The molecule has 17 heavy (non-hydrogen) atoms. The summed E-state index contributed by atoms with van der Waals surface area (Å²) in [7, 11) is 3.59. The molecule has 1 saturated carbocycles. The van der Waals surface area contributed by atoms with Crippen molar-refractivity contribution in [3.63, 3.8) is 0 Å². The molecule has 0 unspecified atom stereocenters. The van der Waals surface area contributed by atoms with Gasteiger partial charge in [-0.05, 0) is 36.6 Å². The fourth-order valence-electron chi connectivity index (χ4n) is 1.87. The highest BCUT2D eigenvalue weighted by molar-refractivity contribution is 5.53. The fraction of sp³-hybridized carbons (Fsp3) is 0.500. The normalized spacial score (nSPS) is 18.0. The molecule has 1 aromatic carbocycles. The monoisotopic (exact) mass is 244 g/mol. The lowest BCUT2D eigenvalue weighted by molar-refractivity contribution is -0.138.